The molecule has 0 aromatic rings. The van der Waals surface area contributed by atoms with E-state index in [1.807, 2.05) is 6.20 Å². The van der Waals surface area contributed by atoms with Crippen molar-refractivity contribution in [3.8, 4) is 0 Å². The molecule has 0 N–H and O–H groups in total. The van der Waals surface area contributed by atoms with Crippen molar-refractivity contribution in [2.75, 3.05) is 6.54 Å². The molecular weight excluding hydrogens is 124 g/mol. The van der Waals surface area contributed by atoms with Crippen molar-refractivity contribution in [3.05, 3.63) is 12.3 Å². The molecule has 0 bridgehead atoms. The summed E-state index contributed by atoms with van der Waals surface area (Å²) in [6.45, 7) is 1.00. The van der Waals surface area contributed by atoms with Crippen LogP contribution in [-0.2, 0) is 0 Å². The van der Waals surface area contributed by atoms with Gasteiger partial charge in [-0.25, -0.2) is 0 Å². The van der Waals surface area contributed by atoms with Crippen LogP contribution in [-0.4, -0.2) is 18.0 Å². The number of hydrogen-bond acceptors (Lipinski definition) is 2. The zero-order chi connectivity index (χ0) is 6.81. The van der Waals surface area contributed by atoms with E-state index in [0.717, 1.165) is 19.4 Å². The van der Waals surface area contributed by atoms with Crippen LogP contribution in [0.25, 0.3) is 0 Å². The Morgan fingerprint density at radius 1 is 1.30 bits per heavy atom. The third-order valence-corrected chi connectivity index (χ3v) is 1.85. The average molecular weight is 134 g/mol. The van der Waals surface area contributed by atoms with Crippen molar-refractivity contribution in [2.45, 2.75) is 19.3 Å². The summed E-state index contributed by atoms with van der Waals surface area (Å²) in [5.74, 6) is 0. The van der Waals surface area contributed by atoms with Gasteiger partial charge in [0.05, 0.1) is 11.4 Å². The highest BCUT2D eigenvalue weighted by Crippen LogP contribution is 2.10. The number of fused-ring (bicyclic) bond motifs is 1. The first-order valence-electron chi connectivity index (χ1n) is 3.72. The van der Waals surface area contributed by atoms with Crippen LogP contribution in [0.5, 0.6) is 0 Å². The van der Waals surface area contributed by atoms with Crippen LogP contribution < -0.4 is 0 Å². The molecule has 0 atom stereocenters. The number of allylic oxidation sites excluding steroid dienone is 1. The fourth-order valence-corrected chi connectivity index (χ4v) is 1.32. The number of hydrogen-bond donors (Lipinski definition) is 0. The van der Waals surface area contributed by atoms with Gasteiger partial charge in [0.1, 0.15) is 0 Å². The molecule has 2 nitrogen and oxygen atoms in total. The Hall–Kier alpha value is -0.920. The van der Waals surface area contributed by atoms with Crippen molar-refractivity contribution in [2.24, 2.45) is 9.98 Å². The topological polar surface area (TPSA) is 24.7 Å². The van der Waals surface area contributed by atoms with Gasteiger partial charge in [-0.05, 0) is 12.8 Å². The van der Waals surface area contributed by atoms with E-state index in [2.05, 4.69) is 16.1 Å². The predicted molar refractivity (Wildman–Crippen MR) is 42.7 cm³/mol. The summed E-state index contributed by atoms with van der Waals surface area (Å²) in [6, 6.07) is 0. The summed E-state index contributed by atoms with van der Waals surface area (Å²) < 4.78 is 0. The van der Waals surface area contributed by atoms with Crippen LogP contribution >= 0.6 is 0 Å². The number of aliphatic imine (C=N–C) groups is 2. The fraction of sp³-hybridized carbons (Fsp3) is 0.500. The van der Waals surface area contributed by atoms with Crippen LogP contribution in [0.2, 0.25) is 0 Å². The molecule has 0 saturated carbocycles. The van der Waals surface area contributed by atoms with Crippen molar-refractivity contribution in [1.29, 1.82) is 0 Å². The predicted octanol–water partition coefficient (Wildman–Crippen LogP) is 1.58. The van der Waals surface area contributed by atoms with E-state index in [0.29, 0.717) is 0 Å². The summed E-state index contributed by atoms with van der Waals surface area (Å²) in [6.07, 6.45) is 7.26. The molecule has 0 spiro atoms. The first kappa shape index (κ1) is 5.83. The molecule has 2 aliphatic heterocycles. The normalized spacial score (nSPS) is 23.2. The second kappa shape index (κ2) is 2.37. The van der Waals surface area contributed by atoms with Crippen molar-refractivity contribution < 1.29 is 0 Å². The van der Waals surface area contributed by atoms with Gasteiger partial charge in [-0.2, -0.15) is 0 Å². The van der Waals surface area contributed by atoms with E-state index < -0.39 is 0 Å². The van der Waals surface area contributed by atoms with Gasteiger partial charge in [-0.3, -0.25) is 9.98 Å². The monoisotopic (exact) mass is 134 g/mol. The van der Waals surface area contributed by atoms with Crippen LogP contribution in [0.3, 0.4) is 0 Å². The Morgan fingerprint density at radius 3 is 3.20 bits per heavy atom. The van der Waals surface area contributed by atoms with E-state index in [1.165, 1.54) is 17.8 Å². The molecule has 0 amide bonds. The minimum absolute atomic E-state index is 0.999. The fourth-order valence-electron chi connectivity index (χ4n) is 1.32. The maximum absolute atomic E-state index is 4.39. The van der Waals surface area contributed by atoms with Gasteiger partial charge in [-0.1, -0.05) is 6.08 Å². The lowest BCUT2D eigenvalue weighted by molar-refractivity contribution is 0.858. The molecule has 0 radical (unpaired) electrons. The van der Waals surface area contributed by atoms with E-state index in [1.54, 1.807) is 0 Å². The summed E-state index contributed by atoms with van der Waals surface area (Å²) in [4.78, 5) is 8.64. The van der Waals surface area contributed by atoms with Gasteiger partial charge in [0.25, 0.3) is 0 Å². The van der Waals surface area contributed by atoms with Crippen molar-refractivity contribution in [3.63, 3.8) is 0 Å². The number of rotatable bonds is 0. The van der Waals surface area contributed by atoms with Gasteiger partial charge >= 0.3 is 0 Å². The van der Waals surface area contributed by atoms with Gasteiger partial charge in [0, 0.05) is 19.2 Å². The zero-order valence-electron chi connectivity index (χ0n) is 5.88. The highest BCUT2D eigenvalue weighted by atomic mass is 14.8. The second-order valence-corrected chi connectivity index (χ2v) is 2.60. The van der Waals surface area contributed by atoms with Gasteiger partial charge in [0.2, 0.25) is 0 Å². The molecule has 0 aromatic heterocycles. The maximum atomic E-state index is 4.39. The summed E-state index contributed by atoms with van der Waals surface area (Å²) >= 11 is 0. The molecule has 10 heavy (non-hydrogen) atoms. The minimum Gasteiger partial charge on any atom is -0.288 e. The molecule has 2 heteroatoms. The smallest absolute Gasteiger partial charge is 0.0617 e. The zero-order valence-corrected chi connectivity index (χ0v) is 5.88. The van der Waals surface area contributed by atoms with Crippen LogP contribution in [0.15, 0.2) is 22.3 Å². The molecule has 0 saturated heterocycles. The molecule has 2 heterocycles. The van der Waals surface area contributed by atoms with E-state index >= 15 is 0 Å². The van der Waals surface area contributed by atoms with Gasteiger partial charge in [-0.15, -0.1) is 0 Å². The Bertz CT molecular complexity index is 223. The van der Waals surface area contributed by atoms with E-state index in [9.17, 15) is 0 Å². The molecule has 0 unspecified atom stereocenters. The minimum atomic E-state index is 0.999. The first-order valence-corrected chi connectivity index (χ1v) is 3.72. The largest absolute Gasteiger partial charge is 0.288 e. The Kier molecular flexibility index (Phi) is 1.38. The van der Waals surface area contributed by atoms with Crippen molar-refractivity contribution >= 4 is 11.4 Å². The van der Waals surface area contributed by atoms with Crippen molar-refractivity contribution in [1.82, 2.24) is 0 Å². The summed E-state index contributed by atoms with van der Waals surface area (Å²) in [5.41, 5.74) is 2.43. The van der Waals surface area contributed by atoms with Crippen LogP contribution in [0.1, 0.15) is 19.3 Å². The molecule has 0 fully saturated rings. The molecule has 2 rings (SSSR count). The third kappa shape index (κ3) is 0.897. The number of nitrogens with zero attached hydrogens (tertiary/aromatic N) is 2. The summed E-state index contributed by atoms with van der Waals surface area (Å²) in [7, 11) is 0. The maximum Gasteiger partial charge on any atom is 0.0617 e. The van der Waals surface area contributed by atoms with E-state index in [-0.39, 0.29) is 0 Å². The van der Waals surface area contributed by atoms with Gasteiger partial charge < -0.3 is 0 Å². The lowest BCUT2D eigenvalue weighted by atomic mass is 10.0. The van der Waals surface area contributed by atoms with E-state index in [4.69, 9.17) is 0 Å². The molecule has 52 valence electrons. The molecular formula is C8H10N2. The Balaban J connectivity index is 2.32. The third-order valence-electron chi connectivity index (χ3n) is 1.85. The second-order valence-electron chi connectivity index (χ2n) is 2.60. The van der Waals surface area contributed by atoms with Gasteiger partial charge in [0.15, 0.2) is 0 Å². The molecule has 0 aromatic carbocycles. The lowest BCUT2D eigenvalue weighted by Gasteiger charge is -2.14. The standard InChI is InChI=1S/C8H10N2/c1-3-7-8(9-5-1)4-2-6-10-7/h1,5H,2-4,6H2. The summed E-state index contributed by atoms with van der Waals surface area (Å²) in [5, 5.41) is 0. The molecule has 2 aliphatic rings. The van der Waals surface area contributed by atoms with Crippen LogP contribution in [0, 0.1) is 0 Å². The SMILES string of the molecule is C1=CN=C2CCCN=C2C1. The average Bonchev–Trinajstić information content (AvgIpc) is 2.05. The Labute approximate surface area is 60.4 Å². The van der Waals surface area contributed by atoms with Crippen LogP contribution in [0.4, 0.5) is 0 Å². The first-order chi connectivity index (χ1) is 4.97. The quantitative estimate of drug-likeness (QED) is 0.480. The highest BCUT2D eigenvalue weighted by molar-refractivity contribution is 6.43. The Morgan fingerprint density at radius 2 is 2.30 bits per heavy atom. The molecule has 0 aliphatic carbocycles. The highest BCUT2D eigenvalue weighted by Gasteiger charge is 2.12. The lowest BCUT2D eigenvalue weighted by Crippen LogP contribution is -2.20.